The van der Waals surface area contributed by atoms with E-state index in [1.165, 1.54) is 12.1 Å². The van der Waals surface area contributed by atoms with Crippen LogP contribution in [0.3, 0.4) is 0 Å². The van der Waals surface area contributed by atoms with Gasteiger partial charge in [0.05, 0.1) is 5.56 Å². The molecule has 1 aliphatic heterocycles. The standard InChI is InChI=1S/C13H13F3N2O2/c1-2-10-12(20)18(7-11(19)17-10)9-5-3-4-8(6-9)13(14,15)16/h3-6,10H,2,7H2,1H3,(H,17,19). The maximum absolute atomic E-state index is 12.7. The van der Waals surface area contributed by atoms with Crippen LogP contribution in [0.4, 0.5) is 18.9 Å². The zero-order valence-electron chi connectivity index (χ0n) is 10.7. The molecule has 20 heavy (non-hydrogen) atoms. The van der Waals surface area contributed by atoms with Gasteiger partial charge < -0.3 is 10.2 Å². The lowest BCUT2D eigenvalue weighted by Crippen LogP contribution is -2.58. The number of alkyl halides is 3. The number of benzene rings is 1. The minimum atomic E-state index is -4.48. The topological polar surface area (TPSA) is 49.4 Å². The lowest BCUT2D eigenvalue weighted by Gasteiger charge is -2.32. The molecule has 0 radical (unpaired) electrons. The van der Waals surface area contributed by atoms with Crippen LogP contribution >= 0.6 is 0 Å². The van der Waals surface area contributed by atoms with Crippen LogP contribution in [0.2, 0.25) is 0 Å². The summed E-state index contributed by atoms with van der Waals surface area (Å²) in [6, 6.07) is 3.72. The van der Waals surface area contributed by atoms with Crippen molar-refractivity contribution in [3.8, 4) is 0 Å². The third-order valence-corrected chi connectivity index (χ3v) is 3.09. The van der Waals surface area contributed by atoms with Crippen molar-refractivity contribution in [2.75, 3.05) is 11.4 Å². The minimum absolute atomic E-state index is 0.0816. The molecule has 1 heterocycles. The Kier molecular flexibility index (Phi) is 3.69. The van der Waals surface area contributed by atoms with Crippen LogP contribution in [0.1, 0.15) is 18.9 Å². The Hall–Kier alpha value is -2.05. The van der Waals surface area contributed by atoms with E-state index in [0.29, 0.717) is 6.42 Å². The van der Waals surface area contributed by atoms with Gasteiger partial charge in [-0.15, -0.1) is 0 Å². The molecule has 2 amide bonds. The van der Waals surface area contributed by atoms with Gasteiger partial charge in [0.1, 0.15) is 12.6 Å². The predicted octanol–water partition coefficient (Wildman–Crippen LogP) is 1.95. The molecule has 1 aliphatic rings. The second-order valence-corrected chi connectivity index (χ2v) is 4.50. The summed E-state index contributed by atoms with van der Waals surface area (Å²) in [6.45, 7) is 1.45. The van der Waals surface area contributed by atoms with Crippen molar-refractivity contribution < 1.29 is 22.8 Å². The first-order chi connectivity index (χ1) is 9.32. The van der Waals surface area contributed by atoms with Gasteiger partial charge in [0.2, 0.25) is 11.8 Å². The van der Waals surface area contributed by atoms with Crippen LogP contribution in [0.15, 0.2) is 24.3 Å². The predicted molar refractivity (Wildman–Crippen MR) is 66.0 cm³/mol. The summed E-state index contributed by atoms with van der Waals surface area (Å²) >= 11 is 0. The van der Waals surface area contributed by atoms with Gasteiger partial charge in [-0.2, -0.15) is 13.2 Å². The van der Waals surface area contributed by atoms with Crippen LogP contribution in [-0.4, -0.2) is 24.4 Å². The van der Waals surface area contributed by atoms with E-state index in [9.17, 15) is 22.8 Å². The first-order valence-corrected chi connectivity index (χ1v) is 6.11. The van der Waals surface area contributed by atoms with E-state index in [1.54, 1.807) is 6.92 Å². The van der Waals surface area contributed by atoms with Gasteiger partial charge >= 0.3 is 6.18 Å². The molecule has 0 aromatic heterocycles. The number of carbonyl (C=O) groups excluding carboxylic acids is 2. The molecule has 1 saturated heterocycles. The Morgan fingerprint density at radius 2 is 2.05 bits per heavy atom. The van der Waals surface area contributed by atoms with Gasteiger partial charge in [-0.3, -0.25) is 9.59 Å². The Morgan fingerprint density at radius 1 is 1.35 bits per heavy atom. The summed E-state index contributed by atoms with van der Waals surface area (Å²) < 4.78 is 38.0. The highest BCUT2D eigenvalue weighted by Gasteiger charge is 2.35. The van der Waals surface area contributed by atoms with Crippen molar-refractivity contribution in [1.82, 2.24) is 5.32 Å². The van der Waals surface area contributed by atoms with E-state index in [2.05, 4.69) is 5.32 Å². The number of anilines is 1. The molecule has 2 rings (SSSR count). The van der Waals surface area contributed by atoms with E-state index >= 15 is 0 Å². The molecule has 4 nitrogen and oxygen atoms in total. The molecule has 1 atom stereocenters. The SMILES string of the molecule is CCC1NC(=O)CN(c2cccc(C(F)(F)F)c2)C1=O. The Morgan fingerprint density at radius 3 is 2.65 bits per heavy atom. The Bertz CT molecular complexity index is 543. The number of nitrogens with zero attached hydrogens (tertiary/aromatic N) is 1. The van der Waals surface area contributed by atoms with Crippen molar-refractivity contribution in [2.45, 2.75) is 25.6 Å². The molecule has 0 saturated carbocycles. The maximum atomic E-state index is 12.7. The number of hydrogen-bond acceptors (Lipinski definition) is 2. The highest BCUT2D eigenvalue weighted by molar-refractivity contribution is 6.06. The van der Waals surface area contributed by atoms with Crippen LogP contribution in [0.5, 0.6) is 0 Å². The van der Waals surface area contributed by atoms with Gasteiger partial charge in [0.25, 0.3) is 0 Å². The molecule has 1 fully saturated rings. The molecule has 108 valence electrons. The van der Waals surface area contributed by atoms with Crippen molar-refractivity contribution in [3.05, 3.63) is 29.8 Å². The summed E-state index contributed by atoms with van der Waals surface area (Å²) in [5.74, 6) is -0.778. The number of halogens is 3. The third kappa shape index (κ3) is 2.76. The average molecular weight is 286 g/mol. The van der Waals surface area contributed by atoms with Gasteiger partial charge in [0, 0.05) is 5.69 Å². The van der Waals surface area contributed by atoms with Gasteiger partial charge in [-0.25, -0.2) is 0 Å². The zero-order chi connectivity index (χ0) is 14.9. The van der Waals surface area contributed by atoms with Crippen molar-refractivity contribution in [1.29, 1.82) is 0 Å². The summed E-state index contributed by atoms with van der Waals surface area (Å²) in [7, 11) is 0. The van der Waals surface area contributed by atoms with Crippen LogP contribution < -0.4 is 10.2 Å². The lowest BCUT2D eigenvalue weighted by molar-refractivity contribution is -0.137. The number of amides is 2. The highest BCUT2D eigenvalue weighted by Crippen LogP contribution is 2.32. The molecule has 1 aromatic carbocycles. The maximum Gasteiger partial charge on any atom is 0.416 e. The number of hydrogen-bond donors (Lipinski definition) is 1. The van der Waals surface area contributed by atoms with Gasteiger partial charge in [-0.1, -0.05) is 13.0 Å². The van der Waals surface area contributed by atoms with E-state index in [1.807, 2.05) is 0 Å². The average Bonchev–Trinajstić information content (AvgIpc) is 2.40. The highest BCUT2D eigenvalue weighted by atomic mass is 19.4. The van der Waals surface area contributed by atoms with Crippen LogP contribution in [0.25, 0.3) is 0 Å². The number of rotatable bonds is 2. The lowest BCUT2D eigenvalue weighted by atomic mass is 10.1. The minimum Gasteiger partial charge on any atom is -0.343 e. The first-order valence-electron chi connectivity index (χ1n) is 6.11. The van der Waals surface area contributed by atoms with Gasteiger partial charge in [-0.05, 0) is 24.6 Å². The quantitative estimate of drug-likeness (QED) is 0.903. The van der Waals surface area contributed by atoms with E-state index in [0.717, 1.165) is 17.0 Å². The monoisotopic (exact) mass is 286 g/mol. The van der Waals surface area contributed by atoms with Gasteiger partial charge in [0.15, 0.2) is 0 Å². The molecule has 0 bridgehead atoms. The largest absolute Gasteiger partial charge is 0.416 e. The second kappa shape index (κ2) is 5.15. The summed E-state index contributed by atoms with van der Waals surface area (Å²) in [4.78, 5) is 24.7. The molecule has 1 aromatic rings. The Labute approximate surface area is 113 Å². The smallest absolute Gasteiger partial charge is 0.343 e. The fourth-order valence-corrected chi connectivity index (χ4v) is 2.06. The van der Waals surface area contributed by atoms with Crippen molar-refractivity contribution >= 4 is 17.5 Å². The van der Waals surface area contributed by atoms with Crippen LogP contribution in [0, 0.1) is 0 Å². The molecule has 0 aliphatic carbocycles. The second-order valence-electron chi connectivity index (χ2n) is 4.50. The van der Waals surface area contributed by atoms with E-state index in [-0.39, 0.29) is 18.1 Å². The summed E-state index contributed by atoms with van der Waals surface area (Å²) in [5.41, 5.74) is -0.764. The van der Waals surface area contributed by atoms with Crippen molar-refractivity contribution in [3.63, 3.8) is 0 Å². The number of nitrogens with one attached hydrogen (secondary N) is 1. The van der Waals surface area contributed by atoms with E-state index in [4.69, 9.17) is 0 Å². The van der Waals surface area contributed by atoms with Crippen molar-refractivity contribution in [2.24, 2.45) is 0 Å². The Balaban J connectivity index is 2.35. The molecule has 0 spiro atoms. The molecule has 1 N–H and O–H groups in total. The zero-order valence-corrected chi connectivity index (χ0v) is 10.7. The molecular formula is C13H13F3N2O2. The third-order valence-electron chi connectivity index (χ3n) is 3.09. The van der Waals surface area contributed by atoms with E-state index < -0.39 is 23.7 Å². The number of piperazine rings is 1. The summed E-state index contributed by atoms with van der Waals surface area (Å²) in [6.07, 6.45) is -4.10. The van der Waals surface area contributed by atoms with Crippen LogP contribution in [-0.2, 0) is 15.8 Å². The number of carbonyl (C=O) groups is 2. The normalized spacial score (nSPS) is 20.0. The fourth-order valence-electron chi connectivity index (χ4n) is 2.06. The first kappa shape index (κ1) is 14.4. The molecule has 7 heteroatoms. The molecule has 1 unspecified atom stereocenters. The summed E-state index contributed by atoms with van der Waals surface area (Å²) in [5, 5.41) is 2.51. The molecular weight excluding hydrogens is 273 g/mol. The fraction of sp³-hybridized carbons (Fsp3) is 0.385.